The van der Waals surface area contributed by atoms with E-state index in [1.54, 1.807) is 0 Å². The fourth-order valence-electron chi connectivity index (χ4n) is 11.3. The van der Waals surface area contributed by atoms with Gasteiger partial charge in [0.1, 0.15) is 0 Å². The number of aromatic nitrogens is 1. The number of nitrogens with zero attached hydrogens (tertiary/aromatic N) is 2. The molecule has 13 rings (SSSR count). The van der Waals surface area contributed by atoms with Crippen molar-refractivity contribution in [3.63, 3.8) is 0 Å². The largest absolute Gasteiger partial charge is 0.310 e. The first kappa shape index (κ1) is 34.2. The van der Waals surface area contributed by atoms with Crippen molar-refractivity contribution in [1.29, 1.82) is 0 Å². The molecule has 61 heavy (non-hydrogen) atoms. The first-order chi connectivity index (χ1) is 30.3. The lowest BCUT2D eigenvalue weighted by atomic mass is 9.70. The van der Waals surface area contributed by atoms with Gasteiger partial charge in [-0.3, -0.25) is 0 Å². The third kappa shape index (κ3) is 4.79. The standard InChI is InChI=1S/C59H40N2/c1-2-18-41(19-3-1)61-56-30-13-9-23-48(56)50-38-43(36-37-57(50)61)60(55-31-14-17-39-16-4-5-20-44(39)55)42-34-32-40(33-35-42)45-25-15-29-54-58(45)49-24-8-12-28-53(49)59(54)51-26-10-6-21-46(51)47-22-7-11-27-52(47)59/h1-32,34-38,40H,33H2. The van der Waals surface area contributed by atoms with Crippen LogP contribution in [0.25, 0.3) is 60.5 Å². The maximum absolute atomic E-state index is 2.48. The molecule has 1 spiro atoms. The van der Waals surface area contributed by atoms with Gasteiger partial charge >= 0.3 is 0 Å². The highest BCUT2D eigenvalue weighted by molar-refractivity contribution is 6.11. The molecule has 9 aromatic carbocycles. The molecule has 1 heterocycles. The van der Waals surface area contributed by atoms with Crippen molar-refractivity contribution >= 4 is 44.0 Å². The molecule has 0 N–H and O–H groups in total. The zero-order valence-electron chi connectivity index (χ0n) is 33.5. The van der Waals surface area contributed by atoms with Crippen LogP contribution >= 0.6 is 0 Å². The summed E-state index contributed by atoms with van der Waals surface area (Å²) < 4.78 is 2.39. The molecule has 0 radical (unpaired) electrons. The zero-order chi connectivity index (χ0) is 40.1. The van der Waals surface area contributed by atoms with Crippen LogP contribution in [0, 0.1) is 0 Å². The van der Waals surface area contributed by atoms with E-state index in [1.807, 2.05) is 0 Å². The van der Waals surface area contributed by atoms with Crippen molar-refractivity contribution in [1.82, 2.24) is 4.57 Å². The minimum atomic E-state index is -0.345. The predicted octanol–water partition coefficient (Wildman–Crippen LogP) is 15.0. The van der Waals surface area contributed by atoms with E-state index in [0.29, 0.717) is 0 Å². The summed E-state index contributed by atoms with van der Waals surface area (Å²) in [6, 6.07) is 76.4. The molecule has 0 saturated carbocycles. The van der Waals surface area contributed by atoms with E-state index in [0.717, 1.165) is 12.1 Å². The van der Waals surface area contributed by atoms with E-state index in [1.165, 1.54) is 99.7 Å². The van der Waals surface area contributed by atoms with E-state index in [2.05, 4.69) is 234 Å². The first-order valence-electron chi connectivity index (χ1n) is 21.5. The molecule has 0 aliphatic heterocycles. The molecule has 1 aromatic heterocycles. The summed E-state index contributed by atoms with van der Waals surface area (Å²) in [5.41, 5.74) is 19.1. The van der Waals surface area contributed by atoms with Gasteiger partial charge in [-0.1, -0.05) is 176 Å². The Morgan fingerprint density at radius 2 is 1.08 bits per heavy atom. The van der Waals surface area contributed by atoms with Crippen molar-refractivity contribution in [3.05, 3.63) is 258 Å². The minimum absolute atomic E-state index is 0.217. The number of rotatable bonds is 5. The highest BCUT2D eigenvalue weighted by Gasteiger charge is 2.52. The van der Waals surface area contributed by atoms with E-state index < -0.39 is 0 Å². The van der Waals surface area contributed by atoms with Crippen LogP contribution in [0.1, 0.15) is 40.2 Å². The van der Waals surface area contributed by atoms with E-state index in [-0.39, 0.29) is 11.3 Å². The molecule has 3 aliphatic rings. The molecule has 0 amide bonds. The Labute approximate surface area is 355 Å². The Morgan fingerprint density at radius 3 is 1.85 bits per heavy atom. The Kier molecular flexibility index (Phi) is 7.38. The number of para-hydroxylation sites is 2. The molecule has 286 valence electrons. The van der Waals surface area contributed by atoms with Crippen molar-refractivity contribution in [2.24, 2.45) is 0 Å². The highest BCUT2D eigenvalue weighted by atomic mass is 15.1. The Bertz CT molecular complexity index is 3420. The van der Waals surface area contributed by atoms with Crippen molar-refractivity contribution < 1.29 is 0 Å². The van der Waals surface area contributed by atoms with Gasteiger partial charge in [-0.2, -0.15) is 0 Å². The summed E-state index contributed by atoms with van der Waals surface area (Å²) in [5, 5.41) is 4.95. The quantitative estimate of drug-likeness (QED) is 0.169. The van der Waals surface area contributed by atoms with Gasteiger partial charge in [0.05, 0.1) is 22.1 Å². The van der Waals surface area contributed by atoms with Gasteiger partial charge in [-0.05, 0) is 110 Å². The van der Waals surface area contributed by atoms with Crippen LogP contribution in [0.3, 0.4) is 0 Å². The van der Waals surface area contributed by atoms with Gasteiger partial charge in [0, 0.05) is 39.1 Å². The SMILES string of the molecule is C1=CC(c2cccc3c2-c2ccccc2C32c3ccccc3-c3ccccc32)CC=C1N(c1ccc2c(c1)c1ccccc1n2-c1ccccc1)c1cccc2ccccc12. The lowest BCUT2D eigenvalue weighted by molar-refractivity contribution is 0.788. The second-order valence-electron chi connectivity index (χ2n) is 16.7. The molecule has 3 aliphatic carbocycles. The van der Waals surface area contributed by atoms with Gasteiger partial charge in [0.25, 0.3) is 0 Å². The number of hydrogen-bond acceptors (Lipinski definition) is 1. The van der Waals surface area contributed by atoms with Crippen molar-refractivity contribution in [2.75, 3.05) is 4.90 Å². The number of allylic oxidation sites excluding steroid dienone is 3. The normalized spacial score (nSPS) is 15.5. The molecular formula is C59H40N2. The van der Waals surface area contributed by atoms with Gasteiger partial charge in [0.15, 0.2) is 0 Å². The van der Waals surface area contributed by atoms with E-state index in [4.69, 9.17) is 0 Å². The fourth-order valence-corrected chi connectivity index (χ4v) is 11.3. The molecule has 0 saturated heterocycles. The maximum atomic E-state index is 2.48. The maximum Gasteiger partial charge on any atom is 0.0725 e. The van der Waals surface area contributed by atoms with Crippen LogP contribution in [-0.2, 0) is 5.41 Å². The predicted molar refractivity (Wildman–Crippen MR) is 254 cm³/mol. The summed E-state index contributed by atoms with van der Waals surface area (Å²) >= 11 is 0. The third-order valence-electron chi connectivity index (χ3n) is 13.7. The monoisotopic (exact) mass is 776 g/mol. The molecule has 1 unspecified atom stereocenters. The van der Waals surface area contributed by atoms with Crippen molar-refractivity contribution in [2.45, 2.75) is 17.8 Å². The Morgan fingerprint density at radius 1 is 0.475 bits per heavy atom. The van der Waals surface area contributed by atoms with Crippen LogP contribution < -0.4 is 4.90 Å². The van der Waals surface area contributed by atoms with Gasteiger partial charge in [0.2, 0.25) is 0 Å². The zero-order valence-corrected chi connectivity index (χ0v) is 33.5. The van der Waals surface area contributed by atoms with Crippen molar-refractivity contribution in [3.8, 4) is 27.9 Å². The van der Waals surface area contributed by atoms with E-state index in [9.17, 15) is 0 Å². The average molecular weight is 777 g/mol. The summed E-state index contributed by atoms with van der Waals surface area (Å²) in [4.78, 5) is 2.48. The minimum Gasteiger partial charge on any atom is -0.310 e. The molecule has 2 heteroatoms. The molecule has 0 bridgehead atoms. The molecule has 10 aromatic rings. The number of anilines is 2. The second-order valence-corrected chi connectivity index (χ2v) is 16.7. The molecular weight excluding hydrogens is 737 g/mol. The van der Waals surface area contributed by atoms with Crippen LogP contribution in [0.15, 0.2) is 230 Å². The number of hydrogen-bond donors (Lipinski definition) is 0. The summed E-state index contributed by atoms with van der Waals surface area (Å²) in [7, 11) is 0. The Balaban J connectivity index is 0.959. The van der Waals surface area contributed by atoms with Gasteiger partial charge in [-0.25, -0.2) is 0 Å². The second kappa shape index (κ2) is 13.2. The average Bonchev–Trinajstić information content (AvgIpc) is 3.94. The summed E-state index contributed by atoms with van der Waals surface area (Å²) in [5.74, 6) is 0.217. The molecule has 2 nitrogen and oxygen atoms in total. The van der Waals surface area contributed by atoms with Gasteiger partial charge < -0.3 is 9.47 Å². The summed E-state index contributed by atoms with van der Waals surface area (Å²) in [6.45, 7) is 0. The van der Waals surface area contributed by atoms with Gasteiger partial charge in [-0.15, -0.1) is 0 Å². The molecule has 0 fully saturated rings. The lowest BCUT2D eigenvalue weighted by Crippen LogP contribution is -2.25. The number of fused-ring (bicyclic) bond motifs is 14. The first-order valence-corrected chi connectivity index (χ1v) is 21.5. The lowest BCUT2D eigenvalue weighted by Gasteiger charge is -2.31. The van der Waals surface area contributed by atoms with Crippen LogP contribution in [0.5, 0.6) is 0 Å². The topological polar surface area (TPSA) is 8.17 Å². The van der Waals surface area contributed by atoms with E-state index >= 15 is 0 Å². The van der Waals surface area contributed by atoms with Crippen LogP contribution in [-0.4, -0.2) is 4.57 Å². The fraction of sp³-hybridized carbons (Fsp3) is 0.0508. The van der Waals surface area contributed by atoms with Crippen LogP contribution in [0.4, 0.5) is 11.4 Å². The number of benzene rings is 9. The third-order valence-corrected chi connectivity index (χ3v) is 13.7. The smallest absolute Gasteiger partial charge is 0.0725 e. The van der Waals surface area contributed by atoms with Crippen LogP contribution in [0.2, 0.25) is 0 Å². The Hall–Kier alpha value is -7.68. The highest BCUT2D eigenvalue weighted by Crippen LogP contribution is 2.63. The summed E-state index contributed by atoms with van der Waals surface area (Å²) in [6.07, 6.45) is 8.21. The molecule has 1 atom stereocenters.